The minimum Gasteiger partial charge on any atom is -0.312 e. The smallest absolute Gasteiger partial charge is 0.231 e. The van der Waals surface area contributed by atoms with Crippen molar-refractivity contribution in [2.24, 2.45) is 11.3 Å². The molecule has 6 nitrogen and oxygen atoms in total. The number of nitrogens with zero attached hydrogens (tertiary/aromatic N) is 3. The first kappa shape index (κ1) is 18.5. The van der Waals surface area contributed by atoms with Gasteiger partial charge in [-0.25, -0.2) is 0 Å². The summed E-state index contributed by atoms with van der Waals surface area (Å²) in [6, 6.07) is 7.76. The molecule has 2 amide bonds. The third kappa shape index (κ3) is 4.46. The van der Waals surface area contributed by atoms with Crippen LogP contribution in [0.15, 0.2) is 24.3 Å². The molecule has 2 heterocycles. The van der Waals surface area contributed by atoms with Gasteiger partial charge < -0.3 is 10.2 Å². The van der Waals surface area contributed by atoms with E-state index in [9.17, 15) is 9.59 Å². The van der Waals surface area contributed by atoms with Crippen molar-refractivity contribution >= 4 is 34.0 Å². The van der Waals surface area contributed by atoms with Crippen LogP contribution in [0, 0.1) is 18.3 Å². The molecule has 1 N–H and O–H groups in total. The van der Waals surface area contributed by atoms with Crippen LogP contribution in [0.1, 0.15) is 37.8 Å². The Labute approximate surface area is 157 Å². The van der Waals surface area contributed by atoms with Gasteiger partial charge in [0.25, 0.3) is 0 Å². The normalized spacial score (nSPS) is 17.6. The van der Waals surface area contributed by atoms with Crippen molar-refractivity contribution in [3.05, 3.63) is 34.8 Å². The van der Waals surface area contributed by atoms with E-state index in [4.69, 9.17) is 0 Å². The van der Waals surface area contributed by atoms with E-state index in [-0.39, 0.29) is 29.6 Å². The predicted octanol–water partition coefficient (Wildman–Crippen LogP) is 3.43. The van der Waals surface area contributed by atoms with Crippen LogP contribution >= 0.6 is 11.3 Å². The number of aromatic nitrogens is 2. The van der Waals surface area contributed by atoms with Gasteiger partial charge in [0.05, 0.1) is 5.92 Å². The maximum atomic E-state index is 12.5. The number of hydrogen-bond acceptors (Lipinski definition) is 5. The number of hydrogen-bond donors (Lipinski definition) is 1. The molecule has 0 bridgehead atoms. The SMILES string of the molecule is Cc1cccc(N2CC(C(=O)Nc3nnc(CC(C)(C)C)s3)CC2=O)c1. The summed E-state index contributed by atoms with van der Waals surface area (Å²) in [6.07, 6.45) is 1.02. The van der Waals surface area contributed by atoms with Gasteiger partial charge in [-0.1, -0.05) is 44.2 Å². The second-order valence-corrected chi connectivity index (χ2v) is 9.03. The summed E-state index contributed by atoms with van der Waals surface area (Å²) >= 11 is 1.39. The molecule has 7 heteroatoms. The number of carbonyl (C=O) groups is 2. The molecule has 0 aliphatic carbocycles. The molecule has 0 radical (unpaired) electrons. The van der Waals surface area contributed by atoms with Crippen molar-refractivity contribution in [3.8, 4) is 0 Å². The number of aryl methyl sites for hydroxylation is 1. The highest BCUT2D eigenvalue weighted by atomic mass is 32.1. The highest BCUT2D eigenvalue weighted by Crippen LogP contribution is 2.28. The van der Waals surface area contributed by atoms with Crippen molar-refractivity contribution in [1.29, 1.82) is 0 Å². The maximum Gasteiger partial charge on any atom is 0.231 e. The molecule has 0 spiro atoms. The van der Waals surface area contributed by atoms with Gasteiger partial charge in [0.1, 0.15) is 5.01 Å². The Morgan fingerprint density at radius 1 is 1.35 bits per heavy atom. The number of nitrogens with one attached hydrogen (secondary N) is 1. The van der Waals surface area contributed by atoms with Crippen LogP contribution in [0.25, 0.3) is 0 Å². The first-order valence-corrected chi connectivity index (χ1v) is 9.53. The zero-order chi connectivity index (χ0) is 18.9. The van der Waals surface area contributed by atoms with Gasteiger partial charge in [0.15, 0.2) is 0 Å². The van der Waals surface area contributed by atoms with Crippen LogP contribution in [0.2, 0.25) is 0 Å². The summed E-state index contributed by atoms with van der Waals surface area (Å²) in [4.78, 5) is 26.6. The summed E-state index contributed by atoms with van der Waals surface area (Å²) in [5.74, 6) is -0.577. The highest BCUT2D eigenvalue weighted by Gasteiger charge is 2.35. The van der Waals surface area contributed by atoms with Gasteiger partial charge in [-0.3, -0.25) is 9.59 Å². The van der Waals surface area contributed by atoms with E-state index < -0.39 is 0 Å². The van der Waals surface area contributed by atoms with Crippen molar-refractivity contribution in [1.82, 2.24) is 10.2 Å². The van der Waals surface area contributed by atoms with Crippen molar-refractivity contribution < 1.29 is 9.59 Å². The molecular formula is C19H24N4O2S. The van der Waals surface area contributed by atoms with Crippen LogP contribution in [-0.2, 0) is 16.0 Å². The van der Waals surface area contributed by atoms with Gasteiger partial charge >= 0.3 is 0 Å². The molecule has 1 aromatic carbocycles. The lowest BCUT2D eigenvalue weighted by Gasteiger charge is -2.17. The molecule has 0 saturated carbocycles. The Balaban J connectivity index is 1.63. The molecule has 1 atom stereocenters. The van der Waals surface area contributed by atoms with Crippen molar-refractivity contribution in [2.75, 3.05) is 16.8 Å². The maximum absolute atomic E-state index is 12.5. The van der Waals surface area contributed by atoms with Gasteiger partial charge in [0, 0.05) is 25.1 Å². The molecule has 1 fully saturated rings. The fraction of sp³-hybridized carbons (Fsp3) is 0.474. The third-order valence-corrected chi connectivity index (χ3v) is 5.03. The summed E-state index contributed by atoms with van der Waals surface area (Å²) in [6.45, 7) is 8.78. The van der Waals surface area contributed by atoms with E-state index in [0.29, 0.717) is 11.7 Å². The van der Waals surface area contributed by atoms with E-state index >= 15 is 0 Å². The fourth-order valence-electron chi connectivity index (χ4n) is 2.97. The number of anilines is 2. The second kappa shape index (κ2) is 7.15. The molecule has 1 unspecified atom stereocenters. The molecule has 1 saturated heterocycles. The number of benzene rings is 1. The van der Waals surface area contributed by atoms with Crippen LogP contribution < -0.4 is 10.2 Å². The minimum absolute atomic E-state index is 0.0264. The van der Waals surface area contributed by atoms with Gasteiger partial charge in [-0.15, -0.1) is 10.2 Å². The van der Waals surface area contributed by atoms with Crippen LogP contribution in [-0.4, -0.2) is 28.6 Å². The standard InChI is InChI=1S/C19H24N4O2S/c1-12-6-5-7-14(8-12)23-11-13(9-16(23)24)17(25)20-18-22-21-15(26-18)10-19(2,3)4/h5-8,13H,9-11H2,1-4H3,(H,20,22,25). The number of amides is 2. The molecular weight excluding hydrogens is 348 g/mol. The quantitative estimate of drug-likeness (QED) is 0.892. The number of rotatable bonds is 4. The second-order valence-electron chi connectivity index (χ2n) is 7.97. The Morgan fingerprint density at radius 3 is 2.81 bits per heavy atom. The van der Waals surface area contributed by atoms with E-state index in [1.54, 1.807) is 4.90 Å². The lowest BCUT2D eigenvalue weighted by molar-refractivity contribution is -0.122. The van der Waals surface area contributed by atoms with E-state index in [1.165, 1.54) is 11.3 Å². The van der Waals surface area contributed by atoms with Gasteiger partial charge in [-0.05, 0) is 30.0 Å². The monoisotopic (exact) mass is 372 g/mol. The van der Waals surface area contributed by atoms with Crippen molar-refractivity contribution in [3.63, 3.8) is 0 Å². The lowest BCUT2D eigenvalue weighted by atomic mass is 9.93. The van der Waals surface area contributed by atoms with E-state index in [0.717, 1.165) is 22.7 Å². The van der Waals surface area contributed by atoms with Crippen LogP contribution in [0.5, 0.6) is 0 Å². The van der Waals surface area contributed by atoms with Crippen molar-refractivity contribution in [2.45, 2.75) is 40.5 Å². The molecule has 2 aromatic rings. The molecule has 1 aliphatic rings. The molecule has 1 aliphatic heterocycles. The Bertz CT molecular complexity index is 825. The molecule has 1 aromatic heterocycles. The first-order chi connectivity index (χ1) is 12.2. The molecule has 3 rings (SSSR count). The summed E-state index contributed by atoms with van der Waals surface area (Å²) in [7, 11) is 0. The van der Waals surface area contributed by atoms with Crippen LogP contribution in [0.3, 0.4) is 0 Å². The average molecular weight is 372 g/mol. The average Bonchev–Trinajstić information content (AvgIpc) is 3.12. The minimum atomic E-state index is -0.377. The zero-order valence-corrected chi connectivity index (χ0v) is 16.4. The molecule has 138 valence electrons. The largest absolute Gasteiger partial charge is 0.312 e. The van der Waals surface area contributed by atoms with Gasteiger partial charge in [0.2, 0.25) is 16.9 Å². The lowest BCUT2D eigenvalue weighted by Crippen LogP contribution is -2.28. The summed E-state index contributed by atoms with van der Waals surface area (Å²) < 4.78 is 0. The summed E-state index contributed by atoms with van der Waals surface area (Å²) in [5.41, 5.74) is 2.05. The predicted molar refractivity (Wildman–Crippen MR) is 103 cm³/mol. The number of carbonyl (C=O) groups excluding carboxylic acids is 2. The van der Waals surface area contributed by atoms with Gasteiger partial charge in [-0.2, -0.15) is 0 Å². The zero-order valence-electron chi connectivity index (χ0n) is 15.6. The Hall–Kier alpha value is -2.28. The van der Waals surface area contributed by atoms with E-state index in [1.807, 2.05) is 31.2 Å². The Kier molecular flexibility index (Phi) is 5.09. The summed E-state index contributed by atoms with van der Waals surface area (Å²) in [5, 5.41) is 12.4. The van der Waals surface area contributed by atoms with E-state index in [2.05, 4.69) is 36.3 Å². The van der Waals surface area contributed by atoms with Crippen LogP contribution in [0.4, 0.5) is 10.8 Å². The third-order valence-electron chi connectivity index (χ3n) is 4.19. The highest BCUT2D eigenvalue weighted by molar-refractivity contribution is 7.15. The Morgan fingerprint density at radius 2 is 2.12 bits per heavy atom. The molecule has 26 heavy (non-hydrogen) atoms. The fourth-order valence-corrected chi connectivity index (χ4v) is 4.01. The topological polar surface area (TPSA) is 75.2 Å². The first-order valence-electron chi connectivity index (χ1n) is 8.71.